The first-order chi connectivity index (χ1) is 32.2. The van der Waals surface area contributed by atoms with Crippen molar-refractivity contribution in [1.82, 2.24) is 14.5 Å². The van der Waals surface area contributed by atoms with Crippen molar-refractivity contribution in [3.05, 3.63) is 237 Å². The van der Waals surface area contributed by atoms with Gasteiger partial charge in [-0.2, -0.15) is 0 Å². The molecule has 0 aliphatic rings. The molecule has 0 spiro atoms. The van der Waals surface area contributed by atoms with E-state index in [-0.39, 0.29) is 0 Å². The molecule has 13 aromatic rings. The van der Waals surface area contributed by atoms with E-state index < -0.39 is 0 Å². The Morgan fingerprint density at radius 3 is 1.58 bits per heavy atom. The number of hydrogen-bond donors (Lipinski definition) is 0. The van der Waals surface area contributed by atoms with E-state index in [0.717, 1.165) is 60.8 Å². The average Bonchev–Trinajstić information content (AvgIpc) is 3.69. The molecule has 0 aliphatic carbocycles. The zero-order valence-electron chi connectivity index (χ0n) is 35.4. The molecule has 13 rings (SSSR count). The van der Waals surface area contributed by atoms with E-state index in [1.165, 1.54) is 60.1 Å². The Morgan fingerprint density at radius 2 is 0.815 bits per heavy atom. The van der Waals surface area contributed by atoms with Gasteiger partial charge in [-0.1, -0.05) is 182 Å². The van der Waals surface area contributed by atoms with Crippen LogP contribution in [0.1, 0.15) is 0 Å². The lowest BCUT2D eigenvalue weighted by Gasteiger charge is -2.16. The topological polar surface area (TPSA) is 30.7 Å². The van der Waals surface area contributed by atoms with Gasteiger partial charge < -0.3 is 4.57 Å². The molecular formula is C62H39N3. The standard InChI is InChI=1S/C62H39N3/c1-3-13-40(14-4-1)43-23-26-44(27-24-43)61-54-31-29-50(41-15-5-2-6-16-41)38-57(54)63-62(64-61)53-32-34-58(52-22-12-11-21-51(52)53)65-59-33-30-49(48-28-25-42-17-7-8-18-45(42)35-48)37-55(59)56-36-46-19-9-10-20-47(46)39-60(56)65/h1-39H. The van der Waals surface area contributed by atoms with Crippen molar-refractivity contribution in [2.24, 2.45) is 0 Å². The molecule has 0 bridgehead atoms. The lowest BCUT2D eigenvalue weighted by Crippen LogP contribution is -1.99. The molecule has 3 nitrogen and oxygen atoms in total. The van der Waals surface area contributed by atoms with E-state index in [1.54, 1.807) is 0 Å². The number of benzene rings is 11. The van der Waals surface area contributed by atoms with E-state index >= 15 is 0 Å². The Bertz CT molecular complexity index is 3980. The second-order valence-electron chi connectivity index (χ2n) is 17.0. The molecule has 0 atom stereocenters. The molecule has 3 heteroatoms. The largest absolute Gasteiger partial charge is 0.309 e. The molecule has 302 valence electrons. The second kappa shape index (κ2) is 15.0. The minimum atomic E-state index is 0.695. The fraction of sp³-hybridized carbons (Fsp3) is 0. The predicted molar refractivity (Wildman–Crippen MR) is 274 cm³/mol. The van der Waals surface area contributed by atoms with Gasteiger partial charge in [-0.05, 0) is 115 Å². The SMILES string of the molecule is c1ccc(-c2ccc(-c3nc(-c4ccc(-n5c6ccc(-c7ccc8ccccc8c7)cc6c6cc7ccccc7cc65)c5ccccc45)nc4cc(-c5ccccc5)ccc34)cc2)cc1. The molecule has 2 aromatic heterocycles. The van der Waals surface area contributed by atoms with Crippen molar-refractivity contribution < 1.29 is 0 Å². The minimum absolute atomic E-state index is 0.695. The summed E-state index contributed by atoms with van der Waals surface area (Å²) in [7, 11) is 0. The first-order valence-corrected chi connectivity index (χ1v) is 22.2. The number of aromatic nitrogens is 3. The van der Waals surface area contributed by atoms with Crippen LogP contribution in [0.2, 0.25) is 0 Å². The molecule has 2 heterocycles. The Kier molecular flexibility index (Phi) is 8.53. The van der Waals surface area contributed by atoms with E-state index in [2.05, 4.69) is 241 Å². The Hall–Kier alpha value is -8.66. The average molecular weight is 826 g/mol. The van der Waals surface area contributed by atoms with Gasteiger partial charge in [-0.3, -0.25) is 0 Å². The summed E-state index contributed by atoms with van der Waals surface area (Å²) in [6, 6.07) is 85.4. The van der Waals surface area contributed by atoms with E-state index in [4.69, 9.17) is 9.97 Å². The van der Waals surface area contributed by atoms with Crippen LogP contribution in [-0.2, 0) is 0 Å². The van der Waals surface area contributed by atoms with Crippen molar-refractivity contribution in [3.63, 3.8) is 0 Å². The van der Waals surface area contributed by atoms with Gasteiger partial charge in [0.1, 0.15) is 0 Å². The highest BCUT2D eigenvalue weighted by molar-refractivity contribution is 6.16. The zero-order chi connectivity index (χ0) is 42.8. The van der Waals surface area contributed by atoms with Crippen molar-refractivity contribution >= 4 is 65.0 Å². The van der Waals surface area contributed by atoms with Crippen molar-refractivity contribution in [2.45, 2.75) is 0 Å². The van der Waals surface area contributed by atoms with Gasteiger partial charge >= 0.3 is 0 Å². The summed E-state index contributed by atoms with van der Waals surface area (Å²) >= 11 is 0. The molecule has 0 radical (unpaired) electrons. The third kappa shape index (κ3) is 6.28. The first kappa shape index (κ1) is 36.9. The summed E-state index contributed by atoms with van der Waals surface area (Å²) in [5, 5.41) is 10.6. The lowest BCUT2D eigenvalue weighted by atomic mass is 9.98. The molecule has 0 saturated heterocycles. The maximum absolute atomic E-state index is 5.46. The van der Waals surface area contributed by atoms with E-state index in [9.17, 15) is 0 Å². The molecule has 0 aliphatic heterocycles. The van der Waals surface area contributed by atoms with E-state index in [1.807, 2.05) is 0 Å². The lowest BCUT2D eigenvalue weighted by molar-refractivity contribution is 1.19. The normalized spacial score (nSPS) is 11.7. The van der Waals surface area contributed by atoms with Gasteiger partial charge in [-0.25, -0.2) is 9.97 Å². The van der Waals surface area contributed by atoms with Crippen LogP contribution in [-0.4, -0.2) is 14.5 Å². The van der Waals surface area contributed by atoms with Crippen LogP contribution in [0.25, 0.3) is 127 Å². The molecule has 0 saturated carbocycles. The summed E-state index contributed by atoms with van der Waals surface area (Å²) in [5.74, 6) is 0.695. The summed E-state index contributed by atoms with van der Waals surface area (Å²) in [4.78, 5) is 10.9. The number of nitrogens with zero attached hydrogens (tertiary/aromatic N) is 3. The monoisotopic (exact) mass is 825 g/mol. The third-order valence-corrected chi connectivity index (χ3v) is 13.2. The summed E-state index contributed by atoms with van der Waals surface area (Å²) < 4.78 is 2.46. The molecular weight excluding hydrogens is 787 g/mol. The van der Waals surface area contributed by atoms with Crippen LogP contribution in [0.5, 0.6) is 0 Å². The molecule has 0 unspecified atom stereocenters. The molecule has 65 heavy (non-hydrogen) atoms. The number of hydrogen-bond acceptors (Lipinski definition) is 2. The minimum Gasteiger partial charge on any atom is -0.309 e. The Balaban J connectivity index is 1.01. The summed E-state index contributed by atoms with van der Waals surface area (Å²) in [6.07, 6.45) is 0. The van der Waals surface area contributed by atoms with Gasteiger partial charge in [-0.15, -0.1) is 0 Å². The van der Waals surface area contributed by atoms with Crippen molar-refractivity contribution in [1.29, 1.82) is 0 Å². The maximum atomic E-state index is 5.46. The van der Waals surface area contributed by atoms with Crippen LogP contribution >= 0.6 is 0 Å². The van der Waals surface area contributed by atoms with Gasteiger partial charge in [0.15, 0.2) is 5.82 Å². The highest BCUT2D eigenvalue weighted by atomic mass is 15.0. The highest BCUT2D eigenvalue weighted by Gasteiger charge is 2.20. The quantitative estimate of drug-likeness (QED) is 0.167. The Morgan fingerprint density at radius 1 is 0.277 bits per heavy atom. The molecule has 0 N–H and O–H groups in total. The van der Waals surface area contributed by atoms with Crippen LogP contribution in [0, 0.1) is 0 Å². The Labute approximate surface area is 376 Å². The predicted octanol–water partition coefficient (Wildman–Crippen LogP) is 16.5. The van der Waals surface area contributed by atoms with Gasteiger partial charge in [0.2, 0.25) is 0 Å². The van der Waals surface area contributed by atoms with Crippen LogP contribution in [0.3, 0.4) is 0 Å². The van der Waals surface area contributed by atoms with E-state index in [0.29, 0.717) is 5.82 Å². The molecule has 11 aromatic carbocycles. The summed E-state index contributed by atoms with van der Waals surface area (Å²) in [6.45, 7) is 0. The fourth-order valence-corrected chi connectivity index (χ4v) is 9.92. The van der Waals surface area contributed by atoms with Gasteiger partial charge in [0.05, 0.1) is 27.9 Å². The van der Waals surface area contributed by atoms with Crippen molar-refractivity contribution in [3.8, 4) is 61.7 Å². The molecule has 0 fully saturated rings. The number of fused-ring (bicyclic) bond motifs is 7. The van der Waals surface area contributed by atoms with Crippen LogP contribution < -0.4 is 0 Å². The molecule has 0 amide bonds. The zero-order valence-corrected chi connectivity index (χ0v) is 35.4. The second-order valence-corrected chi connectivity index (χ2v) is 17.0. The van der Waals surface area contributed by atoms with Crippen molar-refractivity contribution in [2.75, 3.05) is 0 Å². The van der Waals surface area contributed by atoms with Crippen LogP contribution in [0.15, 0.2) is 237 Å². The van der Waals surface area contributed by atoms with Gasteiger partial charge in [0, 0.05) is 32.7 Å². The summed E-state index contributed by atoms with van der Waals surface area (Å²) in [5.41, 5.74) is 14.3. The maximum Gasteiger partial charge on any atom is 0.161 e. The van der Waals surface area contributed by atoms with Crippen LogP contribution in [0.4, 0.5) is 0 Å². The van der Waals surface area contributed by atoms with Gasteiger partial charge in [0.25, 0.3) is 0 Å². The first-order valence-electron chi connectivity index (χ1n) is 22.2. The highest BCUT2D eigenvalue weighted by Crippen LogP contribution is 2.42. The number of rotatable bonds is 6. The smallest absolute Gasteiger partial charge is 0.161 e. The third-order valence-electron chi connectivity index (χ3n) is 13.2. The fourth-order valence-electron chi connectivity index (χ4n) is 9.92.